The molecule has 0 aromatic heterocycles. The topological polar surface area (TPSA) is 64.8 Å². The van der Waals surface area contributed by atoms with Gasteiger partial charge in [-0.2, -0.15) is 0 Å². The first-order valence-corrected chi connectivity index (χ1v) is 7.02. The third-order valence-corrected chi connectivity index (χ3v) is 3.48. The zero-order chi connectivity index (χ0) is 14.5. The Balaban J connectivity index is 2.06. The summed E-state index contributed by atoms with van der Waals surface area (Å²) in [7, 11) is 2.10. The number of likely N-dealkylation sites (tertiary alicyclic amines) is 1. The molecule has 0 aliphatic carbocycles. The number of anilines is 1. The van der Waals surface area contributed by atoms with E-state index in [2.05, 4.69) is 11.9 Å². The third-order valence-electron chi connectivity index (χ3n) is 3.48. The molecular weight excluding hydrogens is 256 g/mol. The zero-order valence-electron chi connectivity index (χ0n) is 12.1. The van der Waals surface area contributed by atoms with Crippen LogP contribution in [0.2, 0.25) is 0 Å². The van der Waals surface area contributed by atoms with Gasteiger partial charge < -0.3 is 20.1 Å². The molecule has 0 amide bonds. The standard InChI is InChI=1S/C15H22N2O3/c1-3-19-15(18)11-4-5-13(16)14(10-11)20-12-6-8-17(2)9-7-12/h4-5,10,12H,3,6-9,16H2,1-2H3. The molecule has 0 spiro atoms. The van der Waals surface area contributed by atoms with Crippen molar-refractivity contribution in [3.05, 3.63) is 23.8 Å². The van der Waals surface area contributed by atoms with Crippen molar-refractivity contribution >= 4 is 11.7 Å². The smallest absolute Gasteiger partial charge is 0.338 e. The summed E-state index contributed by atoms with van der Waals surface area (Å²) in [6.45, 7) is 4.17. The average molecular weight is 278 g/mol. The summed E-state index contributed by atoms with van der Waals surface area (Å²) in [5.41, 5.74) is 6.95. The van der Waals surface area contributed by atoms with Gasteiger partial charge in [-0.05, 0) is 45.0 Å². The molecule has 1 saturated heterocycles. The number of hydrogen-bond acceptors (Lipinski definition) is 5. The number of esters is 1. The second kappa shape index (κ2) is 6.61. The van der Waals surface area contributed by atoms with Crippen molar-refractivity contribution in [2.45, 2.75) is 25.9 Å². The van der Waals surface area contributed by atoms with Gasteiger partial charge in [-0.25, -0.2) is 4.79 Å². The summed E-state index contributed by atoms with van der Waals surface area (Å²) in [6.07, 6.45) is 2.10. The molecule has 5 nitrogen and oxygen atoms in total. The highest BCUT2D eigenvalue weighted by molar-refractivity contribution is 5.90. The number of rotatable bonds is 4. The van der Waals surface area contributed by atoms with Crippen LogP contribution in [0, 0.1) is 0 Å². The monoisotopic (exact) mass is 278 g/mol. The molecule has 110 valence electrons. The minimum absolute atomic E-state index is 0.158. The highest BCUT2D eigenvalue weighted by Crippen LogP contribution is 2.26. The Hall–Kier alpha value is -1.75. The van der Waals surface area contributed by atoms with Gasteiger partial charge in [0.2, 0.25) is 0 Å². The van der Waals surface area contributed by atoms with Gasteiger partial charge >= 0.3 is 5.97 Å². The van der Waals surface area contributed by atoms with Gasteiger partial charge in [0.25, 0.3) is 0 Å². The van der Waals surface area contributed by atoms with Gasteiger partial charge in [0.1, 0.15) is 11.9 Å². The summed E-state index contributed by atoms with van der Waals surface area (Å²) < 4.78 is 10.9. The number of carbonyl (C=O) groups is 1. The van der Waals surface area contributed by atoms with Crippen LogP contribution >= 0.6 is 0 Å². The number of piperidine rings is 1. The first-order valence-electron chi connectivity index (χ1n) is 7.02. The van der Waals surface area contributed by atoms with E-state index < -0.39 is 0 Å². The lowest BCUT2D eigenvalue weighted by atomic mass is 10.1. The highest BCUT2D eigenvalue weighted by atomic mass is 16.5. The zero-order valence-corrected chi connectivity index (χ0v) is 12.1. The minimum Gasteiger partial charge on any atom is -0.488 e. The van der Waals surface area contributed by atoms with Crippen LogP contribution in [0.25, 0.3) is 0 Å². The van der Waals surface area contributed by atoms with E-state index in [-0.39, 0.29) is 12.1 Å². The molecule has 1 heterocycles. The van der Waals surface area contributed by atoms with Crippen LogP contribution in [-0.2, 0) is 4.74 Å². The molecule has 1 aliphatic heterocycles. The van der Waals surface area contributed by atoms with E-state index >= 15 is 0 Å². The fourth-order valence-electron chi connectivity index (χ4n) is 2.26. The quantitative estimate of drug-likeness (QED) is 0.673. The van der Waals surface area contributed by atoms with Gasteiger partial charge in [0, 0.05) is 13.1 Å². The molecule has 0 radical (unpaired) electrons. The van der Waals surface area contributed by atoms with Crippen molar-refractivity contribution in [2.24, 2.45) is 0 Å². The van der Waals surface area contributed by atoms with E-state index in [9.17, 15) is 4.79 Å². The molecule has 1 aromatic carbocycles. The van der Waals surface area contributed by atoms with Crippen molar-refractivity contribution < 1.29 is 14.3 Å². The summed E-state index contributed by atoms with van der Waals surface area (Å²) >= 11 is 0. The van der Waals surface area contributed by atoms with Crippen LogP contribution in [0.1, 0.15) is 30.1 Å². The molecule has 5 heteroatoms. The normalized spacial score (nSPS) is 16.9. The first kappa shape index (κ1) is 14.7. The summed E-state index contributed by atoms with van der Waals surface area (Å²) in [5.74, 6) is 0.228. The van der Waals surface area contributed by atoms with Crippen molar-refractivity contribution in [3.63, 3.8) is 0 Å². The number of nitrogens with zero attached hydrogens (tertiary/aromatic N) is 1. The Morgan fingerprint density at radius 3 is 2.75 bits per heavy atom. The van der Waals surface area contributed by atoms with Crippen molar-refractivity contribution in [3.8, 4) is 5.75 Å². The maximum atomic E-state index is 11.7. The second-order valence-electron chi connectivity index (χ2n) is 5.09. The first-order chi connectivity index (χ1) is 9.60. The number of hydrogen-bond donors (Lipinski definition) is 1. The van der Waals surface area contributed by atoms with E-state index in [1.165, 1.54) is 0 Å². The number of ether oxygens (including phenoxy) is 2. The predicted octanol–water partition coefficient (Wildman–Crippen LogP) is 1.92. The fourth-order valence-corrected chi connectivity index (χ4v) is 2.26. The maximum absolute atomic E-state index is 11.7. The van der Waals surface area contributed by atoms with Crippen molar-refractivity contribution in [1.82, 2.24) is 4.90 Å². The van der Waals surface area contributed by atoms with Crippen LogP contribution < -0.4 is 10.5 Å². The second-order valence-corrected chi connectivity index (χ2v) is 5.09. The molecular formula is C15H22N2O3. The molecule has 20 heavy (non-hydrogen) atoms. The van der Waals surface area contributed by atoms with Gasteiger partial charge in [0.05, 0.1) is 17.9 Å². The molecule has 0 bridgehead atoms. The van der Waals surface area contributed by atoms with Gasteiger partial charge in [-0.1, -0.05) is 0 Å². The van der Waals surface area contributed by atoms with E-state index in [0.29, 0.717) is 23.6 Å². The number of nitrogen functional groups attached to an aromatic ring is 1. The van der Waals surface area contributed by atoms with Crippen LogP contribution in [0.15, 0.2) is 18.2 Å². The number of carbonyl (C=O) groups excluding carboxylic acids is 1. The molecule has 1 fully saturated rings. The van der Waals surface area contributed by atoms with Crippen LogP contribution in [0.3, 0.4) is 0 Å². The molecule has 2 N–H and O–H groups in total. The average Bonchev–Trinajstić information content (AvgIpc) is 2.44. The van der Waals surface area contributed by atoms with E-state index in [0.717, 1.165) is 25.9 Å². The van der Waals surface area contributed by atoms with Crippen molar-refractivity contribution in [1.29, 1.82) is 0 Å². The SMILES string of the molecule is CCOC(=O)c1ccc(N)c(OC2CCN(C)CC2)c1. The van der Waals surface area contributed by atoms with Crippen LogP contribution in [0.5, 0.6) is 5.75 Å². The molecule has 0 atom stereocenters. The lowest BCUT2D eigenvalue weighted by Crippen LogP contribution is -2.35. The predicted molar refractivity (Wildman–Crippen MR) is 78.0 cm³/mol. The molecule has 1 aromatic rings. The Morgan fingerprint density at radius 2 is 2.10 bits per heavy atom. The fraction of sp³-hybridized carbons (Fsp3) is 0.533. The maximum Gasteiger partial charge on any atom is 0.338 e. The van der Waals surface area contributed by atoms with E-state index in [1.54, 1.807) is 25.1 Å². The lowest BCUT2D eigenvalue weighted by molar-refractivity contribution is 0.0525. The molecule has 0 saturated carbocycles. The molecule has 0 unspecified atom stereocenters. The summed E-state index contributed by atoms with van der Waals surface area (Å²) in [4.78, 5) is 14.0. The Kier molecular flexibility index (Phi) is 4.84. The van der Waals surface area contributed by atoms with Gasteiger partial charge in [-0.15, -0.1) is 0 Å². The summed E-state index contributed by atoms with van der Waals surface area (Å²) in [6, 6.07) is 5.02. The van der Waals surface area contributed by atoms with E-state index in [1.807, 2.05) is 0 Å². The Morgan fingerprint density at radius 1 is 1.40 bits per heavy atom. The van der Waals surface area contributed by atoms with E-state index in [4.69, 9.17) is 15.2 Å². The third kappa shape index (κ3) is 3.63. The number of nitrogens with two attached hydrogens (primary N) is 1. The Bertz CT molecular complexity index is 468. The van der Waals surface area contributed by atoms with Crippen molar-refractivity contribution in [2.75, 3.05) is 32.5 Å². The summed E-state index contributed by atoms with van der Waals surface area (Å²) in [5, 5.41) is 0. The van der Waals surface area contributed by atoms with Gasteiger partial charge in [-0.3, -0.25) is 0 Å². The largest absolute Gasteiger partial charge is 0.488 e. The molecule has 2 rings (SSSR count). The minimum atomic E-state index is -0.347. The van der Waals surface area contributed by atoms with Crippen LogP contribution in [-0.4, -0.2) is 43.7 Å². The highest BCUT2D eigenvalue weighted by Gasteiger charge is 2.19. The van der Waals surface area contributed by atoms with Crippen LogP contribution in [0.4, 0.5) is 5.69 Å². The molecule has 1 aliphatic rings. The lowest BCUT2D eigenvalue weighted by Gasteiger charge is -2.29. The number of benzene rings is 1. The Labute approximate surface area is 119 Å². The van der Waals surface area contributed by atoms with Gasteiger partial charge in [0.15, 0.2) is 0 Å².